The summed E-state index contributed by atoms with van der Waals surface area (Å²) in [5.74, 6) is 0.345. The van der Waals surface area contributed by atoms with E-state index in [0.29, 0.717) is 23.7 Å². The summed E-state index contributed by atoms with van der Waals surface area (Å²) in [4.78, 5) is 23.0. The Hall–Kier alpha value is -3.96. The number of carbonyl (C=O) groups is 1. The van der Waals surface area contributed by atoms with Crippen molar-refractivity contribution in [2.45, 2.75) is 6.61 Å². The van der Waals surface area contributed by atoms with Gasteiger partial charge in [0, 0.05) is 22.2 Å². The van der Waals surface area contributed by atoms with Gasteiger partial charge in [0.05, 0.1) is 12.0 Å². The predicted octanol–water partition coefficient (Wildman–Crippen LogP) is 5.73. The summed E-state index contributed by atoms with van der Waals surface area (Å²) in [6.07, 6.45) is 1.40. The highest BCUT2D eigenvalue weighted by Crippen LogP contribution is 2.30. The molecule has 0 spiro atoms. The fourth-order valence-corrected chi connectivity index (χ4v) is 3.13. The number of hydrogen-bond donors (Lipinski definition) is 0. The number of ether oxygens (including phenoxy) is 2. The van der Waals surface area contributed by atoms with Gasteiger partial charge in [-0.1, -0.05) is 46.3 Å². The highest BCUT2D eigenvalue weighted by molar-refractivity contribution is 9.10. The molecule has 0 fully saturated rings. The summed E-state index contributed by atoms with van der Waals surface area (Å²) in [6.45, 7) is 0.341. The minimum atomic E-state index is -0.606. The van der Waals surface area contributed by atoms with Crippen molar-refractivity contribution >= 4 is 33.5 Å². The van der Waals surface area contributed by atoms with Crippen LogP contribution in [0.5, 0.6) is 11.5 Å². The molecule has 32 heavy (non-hydrogen) atoms. The number of carbonyl (C=O) groups excluding carboxylic acids is 1. The molecule has 0 aliphatic heterocycles. The van der Waals surface area contributed by atoms with E-state index in [4.69, 9.17) is 9.47 Å². The molecule has 3 rings (SSSR count). The molecule has 0 radical (unpaired) electrons. The monoisotopic (exact) mass is 492 g/mol. The second kappa shape index (κ2) is 10.4. The lowest BCUT2D eigenvalue weighted by molar-refractivity contribution is -0.384. The molecule has 0 aromatic heterocycles. The fraction of sp³-hybridized carbons (Fsp3) is 0.0833. The van der Waals surface area contributed by atoms with Crippen molar-refractivity contribution in [1.82, 2.24) is 0 Å². The molecule has 0 aliphatic rings. The first-order valence-electron chi connectivity index (χ1n) is 9.37. The minimum absolute atomic E-state index is 0.0633. The second-order valence-electron chi connectivity index (χ2n) is 6.63. The average Bonchev–Trinajstić information content (AvgIpc) is 2.82. The number of rotatable bonds is 8. The molecule has 0 heterocycles. The topological polar surface area (TPSA) is 102 Å². The molecule has 0 aliphatic carbocycles. The molecule has 0 saturated carbocycles. The van der Waals surface area contributed by atoms with Gasteiger partial charge < -0.3 is 9.47 Å². The Morgan fingerprint density at radius 3 is 2.53 bits per heavy atom. The Bertz CT molecular complexity index is 1230. The molecular formula is C24H17BrN2O5. The van der Waals surface area contributed by atoms with Gasteiger partial charge in [-0.3, -0.25) is 14.9 Å². The van der Waals surface area contributed by atoms with Gasteiger partial charge in [-0.2, -0.15) is 5.26 Å². The summed E-state index contributed by atoms with van der Waals surface area (Å²) in [5.41, 5.74) is 1.22. The van der Waals surface area contributed by atoms with Gasteiger partial charge in [-0.15, -0.1) is 0 Å². The molecule has 160 valence electrons. The number of allylic oxidation sites excluding steroid dienone is 1. The highest BCUT2D eigenvalue weighted by atomic mass is 79.9. The van der Waals surface area contributed by atoms with Crippen molar-refractivity contribution in [2.24, 2.45) is 0 Å². The van der Waals surface area contributed by atoms with Crippen molar-refractivity contribution in [3.05, 3.63) is 104 Å². The van der Waals surface area contributed by atoms with Crippen molar-refractivity contribution < 1.29 is 19.2 Å². The molecule has 0 saturated heterocycles. The molecule has 3 aromatic rings. The first kappa shape index (κ1) is 22.7. The van der Waals surface area contributed by atoms with E-state index < -0.39 is 10.7 Å². The quantitative estimate of drug-likeness (QED) is 0.131. The molecule has 7 nitrogen and oxygen atoms in total. The van der Waals surface area contributed by atoms with Gasteiger partial charge in [-0.25, -0.2) is 0 Å². The van der Waals surface area contributed by atoms with Crippen molar-refractivity contribution in [3.63, 3.8) is 0 Å². The lowest BCUT2D eigenvalue weighted by atomic mass is 10.0. The van der Waals surface area contributed by atoms with Gasteiger partial charge in [0.15, 0.2) is 11.5 Å². The van der Waals surface area contributed by atoms with Gasteiger partial charge in [-0.05, 0) is 41.5 Å². The van der Waals surface area contributed by atoms with Crippen molar-refractivity contribution in [2.75, 3.05) is 7.11 Å². The Morgan fingerprint density at radius 1 is 1.12 bits per heavy atom. The third-order valence-corrected chi connectivity index (χ3v) is 5.02. The highest BCUT2D eigenvalue weighted by Gasteiger charge is 2.16. The molecule has 0 N–H and O–H groups in total. The van der Waals surface area contributed by atoms with E-state index in [0.717, 1.165) is 16.1 Å². The number of benzene rings is 3. The summed E-state index contributed by atoms with van der Waals surface area (Å²) < 4.78 is 12.2. The van der Waals surface area contributed by atoms with E-state index in [1.54, 1.807) is 18.2 Å². The molecule has 0 unspecified atom stereocenters. The number of nitrogens with zero attached hydrogens (tertiary/aromatic N) is 2. The van der Waals surface area contributed by atoms with E-state index in [2.05, 4.69) is 15.9 Å². The Morgan fingerprint density at radius 2 is 1.88 bits per heavy atom. The van der Waals surface area contributed by atoms with Crippen LogP contribution in [0.2, 0.25) is 0 Å². The Labute approximate surface area is 192 Å². The van der Waals surface area contributed by atoms with Crippen LogP contribution in [0.1, 0.15) is 21.5 Å². The predicted molar refractivity (Wildman–Crippen MR) is 122 cm³/mol. The Balaban J connectivity index is 1.82. The summed E-state index contributed by atoms with van der Waals surface area (Å²) in [7, 11) is 1.49. The maximum absolute atomic E-state index is 12.7. The molecule has 8 heteroatoms. The van der Waals surface area contributed by atoms with Crippen LogP contribution in [-0.4, -0.2) is 17.8 Å². The van der Waals surface area contributed by atoms with Gasteiger partial charge in [0.25, 0.3) is 5.69 Å². The lowest BCUT2D eigenvalue weighted by Gasteiger charge is -2.11. The first-order chi connectivity index (χ1) is 15.4. The number of halogens is 1. The lowest BCUT2D eigenvalue weighted by Crippen LogP contribution is -2.03. The molecule has 0 amide bonds. The SMILES string of the molecule is COc1cc(/C=C(\C#N)C(=O)c2cccc([N+](=O)[O-])c2)ccc1OCc1ccc(Br)cc1. The number of nitro groups is 1. The van der Waals surface area contributed by atoms with Gasteiger partial charge in [0.1, 0.15) is 18.2 Å². The third-order valence-electron chi connectivity index (χ3n) is 4.49. The van der Waals surface area contributed by atoms with E-state index in [1.807, 2.05) is 30.3 Å². The maximum Gasteiger partial charge on any atom is 0.270 e. The molecule has 3 aromatic carbocycles. The summed E-state index contributed by atoms with van der Waals surface area (Å²) in [5, 5.41) is 20.4. The fourth-order valence-electron chi connectivity index (χ4n) is 2.87. The molecule has 0 bridgehead atoms. The van der Waals surface area contributed by atoms with E-state index >= 15 is 0 Å². The standard InChI is InChI=1S/C24H17BrN2O5/c1-31-23-12-17(7-10-22(23)32-15-16-5-8-20(25)9-6-16)11-19(14-26)24(28)18-3-2-4-21(13-18)27(29)30/h2-13H,15H2,1H3/b19-11+. The average molecular weight is 493 g/mol. The zero-order chi connectivity index (χ0) is 23.1. The van der Waals surface area contributed by atoms with Crippen molar-refractivity contribution in [3.8, 4) is 17.6 Å². The number of ketones is 1. The van der Waals surface area contributed by atoms with Crippen LogP contribution in [0.4, 0.5) is 5.69 Å². The number of Topliss-reactive ketones (excluding diaryl/α,β-unsaturated/α-hetero) is 1. The smallest absolute Gasteiger partial charge is 0.270 e. The molecule has 0 atom stereocenters. The van der Waals surface area contributed by atoms with E-state index in [9.17, 15) is 20.2 Å². The van der Waals surface area contributed by atoms with Crippen LogP contribution in [0.3, 0.4) is 0 Å². The van der Waals surface area contributed by atoms with E-state index in [-0.39, 0.29) is 16.8 Å². The maximum atomic E-state index is 12.7. The van der Waals surface area contributed by atoms with Crippen LogP contribution >= 0.6 is 15.9 Å². The zero-order valence-corrected chi connectivity index (χ0v) is 18.5. The summed E-state index contributed by atoms with van der Waals surface area (Å²) in [6, 6.07) is 19.9. The van der Waals surface area contributed by atoms with Crippen LogP contribution in [0.15, 0.2) is 76.8 Å². The Kier molecular flexibility index (Phi) is 7.37. The first-order valence-corrected chi connectivity index (χ1v) is 10.2. The third kappa shape index (κ3) is 5.59. The second-order valence-corrected chi connectivity index (χ2v) is 7.55. The number of methoxy groups -OCH3 is 1. The largest absolute Gasteiger partial charge is 0.493 e. The number of hydrogen-bond acceptors (Lipinski definition) is 6. The minimum Gasteiger partial charge on any atom is -0.493 e. The summed E-state index contributed by atoms with van der Waals surface area (Å²) >= 11 is 3.39. The van der Waals surface area contributed by atoms with E-state index in [1.165, 1.54) is 31.4 Å². The van der Waals surface area contributed by atoms with Crippen molar-refractivity contribution in [1.29, 1.82) is 5.26 Å². The van der Waals surface area contributed by atoms with Crippen LogP contribution in [-0.2, 0) is 6.61 Å². The van der Waals surface area contributed by atoms with Gasteiger partial charge >= 0.3 is 0 Å². The van der Waals surface area contributed by atoms with Crippen LogP contribution in [0.25, 0.3) is 6.08 Å². The number of non-ortho nitro benzene ring substituents is 1. The van der Waals surface area contributed by atoms with Gasteiger partial charge in [0.2, 0.25) is 5.78 Å². The normalized spacial score (nSPS) is 10.8. The number of nitriles is 1. The van der Waals surface area contributed by atoms with Crippen LogP contribution < -0.4 is 9.47 Å². The number of nitro benzene ring substituents is 1. The van der Waals surface area contributed by atoms with Crippen LogP contribution in [0, 0.1) is 21.4 Å². The zero-order valence-electron chi connectivity index (χ0n) is 16.9. The molecular weight excluding hydrogens is 476 g/mol.